The van der Waals surface area contributed by atoms with E-state index in [-0.39, 0.29) is 23.7 Å². The molecule has 0 unspecified atom stereocenters. The molecule has 3 aromatic rings. The number of rotatable bonds is 12. The SMILES string of the molecule is CC(C)CCN([C-]=O)[C@@H](C(=O)OCc1ccccc1)c1ccc(OCc2ccccc2)cc1.[C-]#[O+].[C-]#[O+].[C-]#[O+].[Fe]. The molecule has 3 rings (SSSR count). The van der Waals surface area contributed by atoms with Gasteiger partial charge in [-0.2, -0.15) is 6.41 Å². The van der Waals surface area contributed by atoms with Gasteiger partial charge < -0.3 is 19.2 Å². The fourth-order valence-corrected chi connectivity index (χ4v) is 3.36. The van der Waals surface area contributed by atoms with Crippen LogP contribution in [0, 0.1) is 25.9 Å². The average Bonchev–Trinajstić information content (AvgIpc) is 3.01. The number of hydrogen-bond donors (Lipinski definition) is 0. The number of carbonyl (C=O) groups excluding carboxylic acids is 2. The molecule has 0 fully saturated rings. The predicted octanol–water partition coefficient (Wildman–Crippen LogP) is 5.35. The molecule has 0 saturated carbocycles. The quantitative estimate of drug-likeness (QED) is 0.0939. The van der Waals surface area contributed by atoms with Crippen molar-refractivity contribution in [1.29, 1.82) is 0 Å². The average molecular weight is 584 g/mol. The van der Waals surface area contributed by atoms with E-state index >= 15 is 0 Å². The molecule has 0 bridgehead atoms. The smallest absolute Gasteiger partial charge is 0 e. The Hall–Kier alpha value is -3.86. The number of carbonyl (C=O) groups is 1. The van der Waals surface area contributed by atoms with Crippen molar-refractivity contribution in [3.8, 4) is 5.75 Å². The van der Waals surface area contributed by atoms with E-state index in [0.717, 1.165) is 17.5 Å². The van der Waals surface area contributed by atoms with Crippen LogP contribution in [0.4, 0.5) is 0 Å². The molecule has 0 aromatic heterocycles. The van der Waals surface area contributed by atoms with Gasteiger partial charge in [0.1, 0.15) is 25.0 Å². The Kier molecular flexibility index (Phi) is 23.2. The second-order valence-corrected chi connectivity index (χ2v) is 8.31. The molecule has 0 N–H and O–H groups in total. The van der Waals surface area contributed by atoms with Crippen molar-refractivity contribution in [2.24, 2.45) is 5.92 Å². The number of esters is 1. The van der Waals surface area contributed by atoms with Crippen LogP contribution in [0.1, 0.15) is 43.0 Å². The van der Waals surface area contributed by atoms with Crippen molar-refractivity contribution in [2.45, 2.75) is 39.5 Å². The topological polar surface area (TPSA) is 116 Å². The fraction of sp³-hybridized carbons (Fsp3) is 0.258. The Labute approximate surface area is 246 Å². The first-order valence-corrected chi connectivity index (χ1v) is 11.8. The third kappa shape index (κ3) is 14.3. The zero-order valence-corrected chi connectivity index (χ0v) is 23.3. The maximum absolute atomic E-state index is 13.1. The molecule has 0 heterocycles. The van der Waals surface area contributed by atoms with Crippen molar-refractivity contribution < 1.29 is 50.1 Å². The first-order chi connectivity index (χ1) is 19.1. The zero-order chi connectivity index (χ0) is 29.5. The van der Waals surface area contributed by atoms with Gasteiger partial charge >= 0.3 is 39.9 Å². The first kappa shape index (κ1) is 38.3. The van der Waals surface area contributed by atoms with E-state index in [1.807, 2.05) is 67.1 Å². The van der Waals surface area contributed by atoms with E-state index in [1.165, 1.54) is 4.90 Å². The van der Waals surface area contributed by atoms with Crippen LogP contribution < -0.4 is 4.74 Å². The second-order valence-electron chi connectivity index (χ2n) is 8.31. The molecule has 0 aliphatic rings. The van der Waals surface area contributed by atoms with Gasteiger partial charge in [-0.3, -0.25) is 0 Å². The Morgan fingerprint density at radius 1 is 0.800 bits per heavy atom. The summed E-state index contributed by atoms with van der Waals surface area (Å²) in [6.07, 6.45) is 2.71. The standard InChI is InChI=1S/C28H30NO4.3CO.Fe/c1-22(2)17-18-29(21-30)27(28(31)33-20-24-11-7-4-8-12-24)25-13-15-26(16-14-25)32-19-23-9-5-3-6-10-23;3*1-2;/h3-16,22,27H,17-20H2,1-2H3;;;;/q-1;;;;/t27-;;;;/m1..../s1. The van der Waals surface area contributed by atoms with Crippen LogP contribution in [-0.4, -0.2) is 23.8 Å². The molecule has 0 saturated heterocycles. The Balaban J connectivity index is 0. The minimum Gasteiger partial charge on any atom is 0 e. The van der Waals surface area contributed by atoms with Gasteiger partial charge in [0.05, 0.1) is 0 Å². The summed E-state index contributed by atoms with van der Waals surface area (Å²) >= 11 is 0. The van der Waals surface area contributed by atoms with Crippen LogP contribution in [0.5, 0.6) is 5.75 Å². The molecule has 40 heavy (non-hydrogen) atoms. The summed E-state index contributed by atoms with van der Waals surface area (Å²) in [4.78, 5) is 26.3. The largest absolute Gasteiger partial charge is 0 e. The van der Waals surface area contributed by atoms with Crippen LogP contribution in [0.25, 0.3) is 0 Å². The third-order valence-corrected chi connectivity index (χ3v) is 5.27. The summed E-state index contributed by atoms with van der Waals surface area (Å²) in [5.41, 5.74) is 2.62. The summed E-state index contributed by atoms with van der Waals surface area (Å²) in [6.45, 7) is 18.7. The zero-order valence-electron chi connectivity index (χ0n) is 22.2. The minimum atomic E-state index is -0.867. The maximum atomic E-state index is 13.1. The van der Waals surface area contributed by atoms with E-state index in [4.69, 9.17) is 23.4 Å². The number of amides is 1. The number of benzene rings is 3. The molecule has 0 aliphatic carbocycles. The van der Waals surface area contributed by atoms with Crippen LogP contribution in [0.2, 0.25) is 0 Å². The number of ether oxygens (including phenoxy) is 2. The molecular weight excluding hydrogens is 554 g/mol. The summed E-state index contributed by atoms with van der Waals surface area (Å²) in [5, 5.41) is 0. The van der Waals surface area contributed by atoms with Crippen molar-refractivity contribution in [1.82, 2.24) is 4.90 Å². The van der Waals surface area contributed by atoms with E-state index in [1.54, 1.807) is 24.3 Å². The Bertz CT molecular complexity index is 1120. The molecule has 210 valence electrons. The number of hydrogen-bond acceptors (Lipinski definition) is 4. The molecular formula is C31H30FeNO7-. The monoisotopic (exact) mass is 584 g/mol. The second kappa shape index (κ2) is 24.2. The van der Waals surface area contributed by atoms with Gasteiger partial charge in [0.15, 0.2) is 0 Å². The van der Waals surface area contributed by atoms with Crippen molar-refractivity contribution in [3.05, 3.63) is 122 Å². The van der Waals surface area contributed by atoms with Crippen molar-refractivity contribution in [3.63, 3.8) is 0 Å². The third-order valence-electron chi connectivity index (χ3n) is 5.27. The van der Waals surface area contributed by atoms with Crippen LogP contribution in [-0.2, 0) is 58.6 Å². The summed E-state index contributed by atoms with van der Waals surface area (Å²) in [5.74, 6) is 0.585. The fourth-order valence-electron chi connectivity index (χ4n) is 3.36. The van der Waals surface area contributed by atoms with E-state index in [2.05, 4.69) is 33.8 Å². The van der Waals surface area contributed by atoms with Gasteiger partial charge in [-0.1, -0.05) is 86.6 Å². The van der Waals surface area contributed by atoms with Gasteiger partial charge in [0.25, 0.3) is 0 Å². The normalized spacial score (nSPS) is 9.72. The molecule has 9 heteroatoms. The Morgan fingerprint density at radius 3 is 1.73 bits per heavy atom. The van der Waals surface area contributed by atoms with E-state index < -0.39 is 12.0 Å². The molecule has 1 atom stereocenters. The maximum Gasteiger partial charge on any atom is 0 e. The van der Waals surface area contributed by atoms with Gasteiger partial charge in [-0.05, 0) is 47.7 Å². The van der Waals surface area contributed by atoms with Gasteiger partial charge in [-0.15, -0.1) is 0 Å². The van der Waals surface area contributed by atoms with Crippen LogP contribution >= 0.6 is 0 Å². The summed E-state index contributed by atoms with van der Waals surface area (Å²) in [6, 6.07) is 25.7. The van der Waals surface area contributed by atoms with Crippen LogP contribution in [0.15, 0.2) is 84.9 Å². The van der Waals surface area contributed by atoms with Gasteiger partial charge in [0.2, 0.25) is 0 Å². The minimum absolute atomic E-state index is 0. The van der Waals surface area contributed by atoms with E-state index in [0.29, 0.717) is 30.4 Å². The molecule has 3 aromatic carbocycles. The summed E-state index contributed by atoms with van der Waals surface area (Å²) in [7, 11) is 0. The number of nitrogens with zero attached hydrogens (tertiary/aromatic N) is 1. The summed E-state index contributed by atoms with van der Waals surface area (Å²) < 4.78 is 33.9. The van der Waals surface area contributed by atoms with Crippen LogP contribution in [0.3, 0.4) is 0 Å². The van der Waals surface area contributed by atoms with E-state index in [9.17, 15) is 9.59 Å². The van der Waals surface area contributed by atoms with Crippen molar-refractivity contribution in [2.75, 3.05) is 6.54 Å². The molecule has 0 aliphatic heterocycles. The Morgan fingerprint density at radius 2 is 1.27 bits per heavy atom. The molecule has 0 spiro atoms. The first-order valence-electron chi connectivity index (χ1n) is 11.8. The molecule has 1 amide bonds. The molecule has 8 nitrogen and oxygen atoms in total. The molecule has 0 radical (unpaired) electrons. The van der Waals surface area contributed by atoms with Gasteiger partial charge in [0, 0.05) is 17.1 Å². The van der Waals surface area contributed by atoms with Gasteiger partial charge in [-0.25, -0.2) is 4.79 Å². The van der Waals surface area contributed by atoms with Crippen molar-refractivity contribution >= 4 is 12.4 Å². The predicted molar refractivity (Wildman–Crippen MR) is 140 cm³/mol.